The molecule has 9 nitrogen and oxygen atoms in total. The molecule has 5 unspecified atom stereocenters. The van der Waals surface area contributed by atoms with Crippen molar-refractivity contribution >= 4 is 0 Å². The summed E-state index contributed by atoms with van der Waals surface area (Å²) in [6.45, 7) is 70.3. The predicted molar refractivity (Wildman–Crippen MR) is 293 cm³/mol. The number of likely N-dealkylation sites (tertiary alicyclic amines) is 3. The Bertz CT molecular complexity index is 1130. The molecule has 0 aliphatic carbocycles. The quantitative estimate of drug-likeness (QED) is 0.213. The van der Waals surface area contributed by atoms with Crippen molar-refractivity contribution < 1.29 is 14.2 Å². The molecule has 0 radical (unpaired) electrons. The van der Waals surface area contributed by atoms with Crippen LogP contribution in [0.25, 0.3) is 0 Å². The first kappa shape index (κ1) is 64.7. The Morgan fingerprint density at radius 3 is 1.06 bits per heavy atom. The molecular formula is C58H122N6O3. The van der Waals surface area contributed by atoms with Crippen molar-refractivity contribution in [3.05, 3.63) is 0 Å². The minimum atomic E-state index is 0.254. The van der Waals surface area contributed by atoms with Gasteiger partial charge in [0.1, 0.15) is 0 Å². The topological polar surface area (TPSA) is 47.1 Å². The van der Waals surface area contributed by atoms with Crippen molar-refractivity contribution in [1.29, 1.82) is 0 Å². The van der Waals surface area contributed by atoms with Crippen LogP contribution in [0.5, 0.6) is 0 Å². The summed E-state index contributed by atoms with van der Waals surface area (Å²) >= 11 is 0. The van der Waals surface area contributed by atoms with Crippen LogP contribution in [0.4, 0.5) is 0 Å². The molecule has 6 aliphatic rings. The highest BCUT2D eigenvalue weighted by atomic mass is 16.5. The monoisotopic (exact) mass is 951 g/mol. The zero-order chi connectivity index (χ0) is 51.3. The fourth-order valence-electron chi connectivity index (χ4n) is 9.28. The second kappa shape index (κ2) is 32.7. The van der Waals surface area contributed by atoms with Gasteiger partial charge in [-0.05, 0) is 182 Å². The molecule has 6 heterocycles. The Labute approximate surface area is 420 Å². The minimum Gasteiger partial charge on any atom is -0.366 e. The Morgan fingerprint density at radius 2 is 0.776 bits per heavy atom. The van der Waals surface area contributed by atoms with Gasteiger partial charge in [-0.1, -0.05) is 76.2 Å². The maximum absolute atomic E-state index is 5.68. The second-order valence-electron chi connectivity index (χ2n) is 26.0. The van der Waals surface area contributed by atoms with Gasteiger partial charge in [-0.25, -0.2) is 0 Å². The van der Waals surface area contributed by atoms with Gasteiger partial charge in [-0.15, -0.1) is 0 Å². The van der Waals surface area contributed by atoms with E-state index in [4.69, 9.17) is 14.2 Å². The lowest BCUT2D eigenvalue weighted by molar-refractivity contribution is -0.0702. The molecule has 0 aromatic rings. The smallest absolute Gasteiger partial charge is 0.0999 e. The fraction of sp³-hybridized carbons (Fsp3) is 1.00. The van der Waals surface area contributed by atoms with Crippen molar-refractivity contribution in [2.24, 2.45) is 59.2 Å². The van der Waals surface area contributed by atoms with Gasteiger partial charge in [0.25, 0.3) is 0 Å². The highest BCUT2D eigenvalue weighted by Crippen LogP contribution is 2.27. The third-order valence-electron chi connectivity index (χ3n) is 16.0. The number of hydrogen-bond donors (Lipinski definition) is 0. The zero-order valence-electron chi connectivity index (χ0n) is 49.7. The molecule has 402 valence electrons. The first-order valence-corrected chi connectivity index (χ1v) is 28.3. The molecule has 6 aliphatic heterocycles. The molecule has 0 amide bonds. The summed E-state index contributed by atoms with van der Waals surface area (Å²) in [6.07, 6.45) is 4.68. The van der Waals surface area contributed by atoms with Crippen molar-refractivity contribution in [2.45, 2.75) is 227 Å². The SMILES string of the molecule is CC(C)C1CCN(C(C)C)C1.CC(C)C1CN(C(C)(C)C)CO1.CC(C)C1CN(C(C)C)C1.CC(C)C1COCN(C(C)C)C1.CC(C)C1COCN(C(C)C)C1.CC1CCCN(C(C)C)C1. The van der Waals surface area contributed by atoms with Crippen molar-refractivity contribution in [3.63, 3.8) is 0 Å². The molecule has 0 aromatic carbocycles. The van der Waals surface area contributed by atoms with Crippen LogP contribution < -0.4 is 0 Å². The van der Waals surface area contributed by atoms with Crippen LogP contribution in [-0.4, -0.2) is 164 Å². The van der Waals surface area contributed by atoms with E-state index in [1.54, 1.807) is 0 Å². The molecule has 67 heavy (non-hydrogen) atoms. The van der Waals surface area contributed by atoms with Gasteiger partial charge in [0.15, 0.2) is 0 Å². The van der Waals surface area contributed by atoms with Crippen LogP contribution in [0.3, 0.4) is 0 Å². The number of nitrogens with zero attached hydrogens (tertiary/aromatic N) is 6. The summed E-state index contributed by atoms with van der Waals surface area (Å²) in [5, 5.41) is 0. The second-order valence-corrected chi connectivity index (χ2v) is 26.0. The summed E-state index contributed by atoms with van der Waals surface area (Å²) in [5.41, 5.74) is 0.254. The number of ether oxygens (including phenoxy) is 3. The van der Waals surface area contributed by atoms with E-state index < -0.39 is 0 Å². The first-order chi connectivity index (χ1) is 31.0. The molecule has 0 aromatic heterocycles. The van der Waals surface area contributed by atoms with Gasteiger partial charge < -0.3 is 28.9 Å². The fourth-order valence-corrected chi connectivity index (χ4v) is 9.28. The molecule has 0 bridgehead atoms. The van der Waals surface area contributed by atoms with Crippen LogP contribution >= 0.6 is 0 Å². The third kappa shape index (κ3) is 25.7. The van der Waals surface area contributed by atoms with Crippen LogP contribution in [-0.2, 0) is 14.2 Å². The van der Waals surface area contributed by atoms with Gasteiger partial charge in [-0.2, -0.15) is 0 Å². The lowest BCUT2D eigenvalue weighted by Crippen LogP contribution is -2.51. The summed E-state index contributed by atoms with van der Waals surface area (Å²) in [6, 6.07) is 3.49. The van der Waals surface area contributed by atoms with Gasteiger partial charge in [0, 0.05) is 81.6 Å². The van der Waals surface area contributed by atoms with Crippen LogP contribution in [0.1, 0.15) is 185 Å². The van der Waals surface area contributed by atoms with E-state index in [2.05, 4.69) is 196 Å². The summed E-state index contributed by atoms with van der Waals surface area (Å²) in [7, 11) is 0. The van der Waals surface area contributed by atoms with E-state index in [9.17, 15) is 0 Å². The molecule has 6 fully saturated rings. The largest absolute Gasteiger partial charge is 0.366 e. The van der Waals surface area contributed by atoms with Crippen molar-refractivity contribution in [3.8, 4) is 0 Å². The number of rotatable bonds is 10. The average molecular weight is 952 g/mol. The lowest BCUT2D eigenvalue weighted by atomic mass is 9.87. The predicted octanol–water partition coefficient (Wildman–Crippen LogP) is 12.5. The van der Waals surface area contributed by atoms with Gasteiger partial charge >= 0.3 is 0 Å². The number of piperidine rings is 1. The van der Waals surface area contributed by atoms with E-state index in [1.165, 1.54) is 71.6 Å². The lowest BCUT2D eigenvalue weighted by Gasteiger charge is -2.44. The minimum absolute atomic E-state index is 0.254. The average Bonchev–Trinajstić information content (AvgIpc) is 3.94. The summed E-state index contributed by atoms with van der Waals surface area (Å²) in [5.74, 6) is 8.18. The zero-order valence-corrected chi connectivity index (χ0v) is 49.7. The van der Waals surface area contributed by atoms with Crippen molar-refractivity contribution in [1.82, 2.24) is 29.4 Å². The van der Waals surface area contributed by atoms with Crippen LogP contribution in [0.15, 0.2) is 0 Å². The molecule has 9 heteroatoms. The summed E-state index contributed by atoms with van der Waals surface area (Å²) in [4.78, 5) is 14.9. The van der Waals surface area contributed by atoms with Gasteiger partial charge in [-0.3, -0.25) is 14.7 Å². The molecule has 6 rings (SSSR count). The Balaban J connectivity index is 0.000000403. The highest BCUT2D eigenvalue weighted by Gasteiger charge is 2.33. The molecule has 5 atom stereocenters. The summed E-state index contributed by atoms with van der Waals surface area (Å²) < 4.78 is 16.8. The first-order valence-electron chi connectivity index (χ1n) is 28.3. The van der Waals surface area contributed by atoms with Crippen LogP contribution in [0.2, 0.25) is 0 Å². The maximum atomic E-state index is 5.68. The molecule has 0 N–H and O–H groups in total. The third-order valence-corrected chi connectivity index (χ3v) is 16.0. The maximum Gasteiger partial charge on any atom is 0.0999 e. The van der Waals surface area contributed by atoms with E-state index in [0.717, 1.165) is 111 Å². The normalized spacial score (nSPS) is 26.7. The van der Waals surface area contributed by atoms with Crippen LogP contribution in [0, 0.1) is 59.2 Å². The molecule has 0 saturated carbocycles. The Morgan fingerprint density at radius 1 is 0.388 bits per heavy atom. The molecule has 0 spiro atoms. The number of hydrogen-bond acceptors (Lipinski definition) is 9. The van der Waals surface area contributed by atoms with E-state index >= 15 is 0 Å². The van der Waals surface area contributed by atoms with Gasteiger partial charge in [0.2, 0.25) is 0 Å². The molecule has 6 saturated heterocycles. The standard InChI is InChI=1S/3C10H21NO.C10H21N.2C9H19N/c1-8(2)9-6-11(7-12-9)10(3,4)5;2*1-8(2)10-5-11(9(3)4)7-12-6-10;1-8(2)10-5-6-11(7-10)9(3)4;1-7(2)9-5-10(6-9)8(3)4;1-8(2)10-6-4-5-9(3)7-10/h8-9H,6-7H2,1-5H3;2*8-10H,5-7H2,1-4H3;8-10H,5-7H2,1-4H3;7-9H,5-6H2,1-4H3;8-9H,4-7H2,1-3H3. The highest BCUT2D eigenvalue weighted by molar-refractivity contribution is 4.84. The van der Waals surface area contributed by atoms with Gasteiger partial charge in [0.05, 0.1) is 39.5 Å². The van der Waals surface area contributed by atoms with Crippen molar-refractivity contribution in [2.75, 3.05) is 92.3 Å². The molecular weight excluding hydrogens is 829 g/mol. The Hall–Kier alpha value is -0.360. The Kier molecular flexibility index (Phi) is 31.5. The van der Waals surface area contributed by atoms with E-state index in [-0.39, 0.29) is 5.54 Å². The van der Waals surface area contributed by atoms with E-state index in [1.807, 2.05) is 0 Å². The van der Waals surface area contributed by atoms with E-state index in [0.29, 0.717) is 24.1 Å².